The number of amides is 2. The highest BCUT2D eigenvalue weighted by atomic mass is 35.5. The summed E-state index contributed by atoms with van der Waals surface area (Å²) >= 11 is 5.96. The standard InChI is InChI=1S/C23H21ClN4O3/c24-18-7-5-15(6-8-18)14-28-20-11-17(12-25-22(20)26-13-21(28)30)23(31)27-19-4-2-1-3-16(19)9-10-29/h1-8,11-12,29H,9-10,13-14H2,(H,25,26)(H,27,31). The summed E-state index contributed by atoms with van der Waals surface area (Å²) in [5.74, 6) is 0.0889. The molecule has 1 aliphatic heterocycles. The minimum Gasteiger partial charge on any atom is -0.396 e. The lowest BCUT2D eigenvalue weighted by Gasteiger charge is -2.29. The lowest BCUT2D eigenvalue weighted by molar-refractivity contribution is -0.117. The maximum Gasteiger partial charge on any atom is 0.257 e. The summed E-state index contributed by atoms with van der Waals surface area (Å²) in [7, 11) is 0. The van der Waals surface area contributed by atoms with Crippen molar-refractivity contribution >= 4 is 40.6 Å². The van der Waals surface area contributed by atoms with Crippen LogP contribution in [0.2, 0.25) is 5.02 Å². The van der Waals surface area contributed by atoms with Crippen molar-refractivity contribution in [2.45, 2.75) is 13.0 Å². The molecule has 0 unspecified atom stereocenters. The Kier molecular flexibility index (Phi) is 6.16. The molecule has 1 aliphatic rings. The maximum absolute atomic E-state index is 12.9. The summed E-state index contributed by atoms with van der Waals surface area (Å²) in [6, 6.07) is 16.2. The van der Waals surface area contributed by atoms with Gasteiger partial charge in [-0.05, 0) is 41.8 Å². The zero-order chi connectivity index (χ0) is 21.8. The number of hydrogen-bond donors (Lipinski definition) is 3. The lowest BCUT2D eigenvalue weighted by atomic mass is 10.1. The Hall–Kier alpha value is -3.42. The molecular weight excluding hydrogens is 416 g/mol. The number of carbonyl (C=O) groups is 2. The first-order valence-corrected chi connectivity index (χ1v) is 10.2. The number of fused-ring (bicyclic) bond motifs is 1. The third-order valence-electron chi connectivity index (χ3n) is 5.03. The molecule has 2 heterocycles. The minimum atomic E-state index is -0.342. The van der Waals surface area contributed by atoms with Gasteiger partial charge in [0.25, 0.3) is 5.91 Å². The van der Waals surface area contributed by atoms with E-state index in [1.807, 2.05) is 30.3 Å². The number of aromatic nitrogens is 1. The minimum absolute atomic E-state index is 0.0132. The Morgan fingerprint density at radius 3 is 2.74 bits per heavy atom. The summed E-state index contributed by atoms with van der Waals surface area (Å²) in [4.78, 5) is 31.5. The Morgan fingerprint density at radius 2 is 1.97 bits per heavy atom. The second-order valence-electron chi connectivity index (χ2n) is 7.14. The van der Waals surface area contributed by atoms with Crippen LogP contribution in [0.4, 0.5) is 17.2 Å². The SMILES string of the molecule is O=C(Nc1ccccc1CCO)c1cnc2c(c1)N(Cc1ccc(Cl)cc1)C(=O)CN2. The van der Waals surface area contributed by atoms with Crippen molar-refractivity contribution in [1.82, 2.24) is 4.98 Å². The van der Waals surface area contributed by atoms with Crippen molar-refractivity contribution in [2.24, 2.45) is 0 Å². The third kappa shape index (κ3) is 4.68. The number of anilines is 3. The summed E-state index contributed by atoms with van der Waals surface area (Å²) < 4.78 is 0. The summed E-state index contributed by atoms with van der Waals surface area (Å²) in [5, 5.41) is 15.7. The Labute approximate surface area is 184 Å². The Morgan fingerprint density at radius 1 is 1.19 bits per heavy atom. The van der Waals surface area contributed by atoms with Crippen LogP contribution < -0.4 is 15.5 Å². The molecule has 0 bridgehead atoms. The predicted octanol–water partition coefficient (Wildman–Crippen LogP) is 3.48. The van der Waals surface area contributed by atoms with E-state index < -0.39 is 0 Å². The summed E-state index contributed by atoms with van der Waals surface area (Å²) in [6.07, 6.45) is 1.91. The maximum atomic E-state index is 12.9. The fourth-order valence-electron chi connectivity index (χ4n) is 3.43. The molecule has 31 heavy (non-hydrogen) atoms. The van der Waals surface area contributed by atoms with Crippen LogP contribution in [-0.4, -0.2) is 35.1 Å². The zero-order valence-electron chi connectivity index (χ0n) is 16.6. The van der Waals surface area contributed by atoms with Gasteiger partial charge in [0.2, 0.25) is 5.91 Å². The first-order valence-electron chi connectivity index (χ1n) is 9.84. The zero-order valence-corrected chi connectivity index (χ0v) is 17.4. The molecule has 158 valence electrons. The van der Waals surface area contributed by atoms with E-state index in [1.54, 1.807) is 29.2 Å². The van der Waals surface area contributed by atoms with Crippen molar-refractivity contribution in [3.05, 3.63) is 82.5 Å². The average Bonchev–Trinajstić information content (AvgIpc) is 2.78. The molecule has 0 radical (unpaired) electrons. The van der Waals surface area contributed by atoms with Crippen LogP contribution in [-0.2, 0) is 17.8 Å². The van der Waals surface area contributed by atoms with E-state index in [2.05, 4.69) is 15.6 Å². The fraction of sp³-hybridized carbons (Fsp3) is 0.174. The van der Waals surface area contributed by atoms with Crippen molar-refractivity contribution in [1.29, 1.82) is 0 Å². The molecule has 8 heteroatoms. The number of para-hydroxylation sites is 1. The summed E-state index contributed by atoms with van der Waals surface area (Å²) in [5.41, 5.74) is 3.26. The van der Waals surface area contributed by atoms with Crippen LogP contribution in [0.25, 0.3) is 0 Å². The van der Waals surface area contributed by atoms with Gasteiger partial charge in [-0.3, -0.25) is 9.59 Å². The topological polar surface area (TPSA) is 94.6 Å². The van der Waals surface area contributed by atoms with Crippen LogP contribution in [0.5, 0.6) is 0 Å². The van der Waals surface area contributed by atoms with Gasteiger partial charge in [-0.25, -0.2) is 4.98 Å². The number of pyridine rings is 1. The van der Waals surface area contributed by atoms with Gasteiger partial charge in [0.05, 0.1) is 24.3 Å². The first kappa shape index (κ1) is 20.8. The molecule has 0 saturated heterocycles. The third-order valence-corrected chi connectivity index (χ3v) is 5.28. The second-order valence-corrected chi connectivity index (χ2v) is 7.57. The first-order chi connectivity index (χ1) is 15.0. The molecule has 0 saturated carbocycles. The number of halogens is 1. The number of nitrogens with one attached hydrogen (secondary N) is 2. The van der Waals surface area contributed by atoms with Gasteiger partial charge in [0.15, 0.2) is 5.82 Å². The molecule has 2 amide bonds. The van der Waals surface area contributed by atoms with Crippen molar-refractivity contribution in [2.75, 3.05) is 28.7 Å². The van der Waals surface area contributed by atoms with Crippen molar-refractivity contribution < 1.29 is 14.7 Å². The molecular formula is C23H21ClN4O3. The van der Waals surface area contributed by atoms with Gasteiger partial charge in [0.1, 0.15) is 0 Å². The van der Waals surface area contributed by atoms with Crippen LogP contribution in [0.1, 0.15) is 21.5 Å². The highest BCUT2D eigenvalue weighted by Gasteiger charge is 2.26. The van der Waals surface area contributed by atoms with Crippen molar-refractivity contribution in [3.63, 3.8) is 0 Å². The number of carbonyl (C=O) groups excluding carboxylic acids is 2. The molecule has 0 fully saturated rings. The monoisotopic (exact) mass is 436 g/mol. The molecule has 3 aromatic rings. The quantitative estimate of drug-likeness (QED) is 0.550. The molecule has 2 aromatic carbocycles. The van der Waals surface area contributed by atoms with Crippen LogP contribution in [0.3, 0.4) is 0 Å². The van der Waals surface area contributed by atoms with E-state index >= 15 is 0 Å². The molecule has 4 rings (SSSR count). The van der Waals surface area contributed by atoms with Gasteiger partial charge in [0, 0.05) is 23.5 Å². The van der Waals surface area contributed by atoms with Crippen molar-refractivity contribution in [3.8, 4) is 0 Å². The predicted molar refractivity (Wildman–Crippen MR) is 121 cm³/mol. The van der Waals surface area contributed by atoms with E-state index in [-0.39, 0.29) is 25.0 Å². The normalized spacial score (nSPS) is 12.8. The van der Waals surface area contributed by atoms with Crippen LogP contribution in [0, 0.1) is 0 Å². The number of rotatable bonds is 6. The van der Waals surface area contributed by atoms with E-state index in [0.717, 1.165) is 11.1 Å². The van der Waals surface area contributed by atoms with Gasteiger partial charge >= 0.3 is 0 Å². The van der Waals surface area contributed by atoms with Gasteiger partial charge < -0.3 is 20.6 Å². The fourth-order valence-corrected chi connectivity index (χ4v) is 3.56. The lowest BCUT2D eigenvalue weighted by Crippen LogP contribution is -2.40. The number of aliphatic hydroxyl groups excluding tert-OH is 1. The smallest absolute Gasteiger partial charge is 0.257 e. The molecule has 1 aromatic heterocycles. The van der Waals surface area contributed by atoms with E-state index in [1.165, 1.54) is 6.20 Å². The molecule has 3 N–H and O–H groups in total. The molecule has 0 spiro atoms. The number of benzene rings is 2. The Bertz CT molecular complexity index is 1120. The van der Waals surface area contributed by atoms with Crippen LogP contribution >= 0.6 is 11.6 Å². The van der Waals surface area contributed by atoms with E-state index in [0.29, 0.717) is 40.7 Å². The molecule has 7 nitrogen and oxygen atoms in total. The Balaban J connectivity index is 1.60. The largest absolute Gasteiger partial charge is 0.396 e. The van der Waals surface area contributed by atoms with Gasteiger partial charge in [-0.1, -0.05) is 41.9 Å². The molecule has 0 aliphatic carbocycles. The highest BCUT2D eigenvalue weighted by molar-refractivity contribution is 6.30. The molecule has 0 atom stereocenters. The van der Waals surface area contributed by atoms with Gasteiger partial charge in [-0.2, -0.15) is 0 Å². The van der Waals surface area contributed by atoms with Gasteiger partial charge in [-0.15, -0.1) is 0 Å². The second kappa shape index (κ2) is 9.16. The van der Waals surface area contributed by atoms with Crippen LogP contribution in [0.15, 0.2) is 60.8 Å². The number of aliphatic hydroxyl groups is 1. The number of nitrogens with zero attached hydrogens (tertiary/aromatic N) is 2. The highest BCUT2D eigenvalue weighted by Crippen LogP contribution is 2.30. The van der Waals surface area contributed by atoms with E-state index in [4.69, 9.17) is 11.6 Å². The average molecular weight is 437 g/mol. The summed E-state index contributed by atoms with van der Waals surface area (Å²) in [6.45, 7) is 0.463. The van der Waals surface area contributed by atoms with E-state index in [9.17, 15) is 14.7 Å². The number of hydrogen-bond acceptors (Lipinski definition) is 5.